The van der Waals surface area contributed by atoms with E-state index >= 15 is 0 Å². The predicted octanol–water partition coefficient (Wildman–Crippen LogP) is 2.92. The van der Waals surface area contributed by atoms with Gasteiger partial charge in [-0.25, -0.2) is 0 Å². The quantitative estimate of drug-likeness (QED) is 0.731. The molecule has 0 aliphatic rings. The lowest BCUT2D eigenvalue weighted by atomic mass is 9.96. The van der Waals surface area contributed by atoms with Gasteiger partial charge in [-0.2, -0.15) is 0 Å². The first-order chi connectivity index (χ1) is 5.74. The van der Waals surface area contributed by atoms with Gasteiger partial charge in [0.2, 0.25) is 0 Å². The van der Waals surface area contributed by atoms with Crippen molar-refractivity contribution in [3.05, 3.63) is 0 Å². The van der Waals surface area contributed by atoms with Crippen LogP contribution in [0.2, 0.25) is 0 Å². The summed E-state index contributed by atoms with van der Waals surface area (Å²) in [6, 6.07) is 0. The zero-order valence-corrected chi connectivity index (χ0v) is 8.90. The highest BCUT2D eigenvalue weighted by molar-refractivity contribution is 6.04. The van der Waals surface area contributed by atoms with Gasteiger partial charge in [-0.1, -0.05) is 33.6 Å². The van der Waals surface area contributed by atoms with Gasteiger partial charge in [0.25, 0.3) is 0 Å². The maximum absolute atomic E-state index is 10.9. The van der Waals surface area contributed by atoms with Crippen molar-refractivity contribution in [2.75, 3.05) is 0 Å². The van der Waals surface area contributed by atoms with Crippen molar-refractivity contribution in [3.8, 4) is 0 Å². The van der Waals surface area contributed by atoms with E-state index in [0.717, 1.165) is 19.3 Å². The third-order valence-corrected chi connectivity index (χ3v) is 2.07. The largest absolute Gasteiger partial charge is 0.300 e. The first kappa shape index (κ1) is 14.4. The van der Waals surface area contributed by atoms with Crippen LogP contribution >= 0.6 is 11.9 Å². The zero-order chi connectivity index (χ0) is 9.98. The molecule has 0 unspecified atom stereocenters. The standard InChI is InChI=1S/C9H18O.ClHO/c1-4-8(5-2)7-9(10)6-3;1-2/h8H,4-7H2,1-3H3;2H. The minimum absolute atomic E-state index is 0.411. The van der Waals surface area contributed by atoms with Crippen LogP contribution in [0.25, 0.3) is 0 Å². The second kappa shape index (κ2) is 10.9. The van der Waals surface area contributed by atoms with E-state index in [0.29, 0.717) is 18.1 Å². The highest BCUT2D eigenvalue weighted by atomic mass is 35.5. The minimum atomic E-state index is 0.411. The molecule has 0 aliphatic heterocycles. The lowest BCUT2D eigenvalue weighted by Crippen LogP contribution is -2.05. The number of rotatable bonds is 5. The summed E-state index contributed by atoms with van der Waals surface area (Å²) >= 11 is 3.64. The third-order valence-electron chi connectivity index (χ3n) is 2.07. The van der Waals surface area contributed by atoms with Gasteiger partial charge in [-0.05, 0) is 5.92 Å². The second-order valence-electron chi connectivity index (χ2n) is 2.78. The summed E-state index contributed by atoms with van der Waals surface area (Å²) in [5, 5.41) is 0. The Morgan fingerprint density at radius 3 is 1.92 bits per heavy atom. The van der Waals surface area contributed by atoms with Gasteiger partial charge in [0.05, 0.1) is 11.9 Å². The third kappa shape index (κ3) is 8.02. The molecule has 0 fully saturated rings. The molecule has 12 heavy (non-hydrogen) atoms. The lowest BCUT2D eigenvalue weighted by molar-refractivity contribution is -0.119. The van der Waals surface area contributed by atoms with Crippen LogP contribution < -0.4 is 0 Å². The van der Waals surface area contributed by atoms with Crippen molar-refractivity contribution in [1.82, 2.24) is 0 Å². The van der Waals surface area contributed by atoms with Gasteiger partial charge in [-0.15, -0.1) is 0 Å². The van der Waals surface area contributed by atoms with Crippen molar-refractivity contribution in [2.45, 2.75) is 46.5 Å². The molecule has 0 aliphatic carbocycles. The maximum Gasteiger partial charge on any atom is 0.132 e. The Labute approximate surface area is 80.1 Å². The molecule has 0 aromatic carbocycles. The maximum atomic E-state index is 10.9. The van der Waals surface area contributed by atoms with Gasteiger partial charge >= 0.3 is 0 Å². The molecule has 0 saturated carbocycles. The van der Waals surface area contributed by atoms with Gasteiger partial charge in [0, 0.05) is 12.8 Å². The van der Waals surface area contributed by atoms with E-state index in [2.05, 4.69) is 25.7 Å². The number of carbonyl (C=O) groups is 1. The van der Waals surface area contributed by atoms with Crippen molar-refractivity contribution >= 4 is 17.6 Å². The van der Waals surface area contributed by atoms with Gasteiger partial charge in [0.15, 0.2) is 0 Å². The second-order valence-corrected chi connectivity index (χ2v) is 2.78. The number of halogens is 1. The number of hydrogen-bond acceptors (Lipinski definition) is 2. The van der Waals surface area contributed by atoms with E-state index < -0.39 is 0 Å². The van der Waals surface area contributed by atoms with Crippen LogP contribution in [-0.4, -0.2) is 10.4 Å². The van der Waals surface area contributed by atoms with E-state index in [9.17, 15) is 4.79 Å². The van der Waals surface area contributed by atoms with E-state index in [1.807, 2.05) is 6.92 Å². The average molecular weight is 195 g/mol. The summed E-state index contributed by atoms with van der Waals surface area (Å²) in [4.78, 5) is 10.9. The Morgan fingerprint density at radius 2 is 1.67 bits per heavy atom. The Kier molecular flexibility index (Phi) is 13.1. The molecule has 0 rings (SSSR count). The van der Waals surface area contributed by atoms with Crippen molar-refractivity contribution in [3.63, 3.8) is 0 Å². The normalized spacial score (nSPS) is 9.17. The molecular formula is C9H19ClO2. The minimum Gasteiger partial charge on any atom is -0.300 e. The van der Waals surface area contributed by atoms with Gasteiger partial charge in [0.1, 0.15) is 5.78 Å². The summed E-state index contributed by atoms with van der Waals surface area (Å²) in [6.45, 7) is 6.24. The fourth-order valence-electron chi connectivity index (χ4n) is 1.04. The summed E-state index contributed by atoms with van der Waals surface area (Å²) in [5.41, 5.74) is 0. The summed E-state index contributed by atoms with van der Waals surface area (Å²) < 4.78 is 6.47. The van der Waals surface area contributed by atoms with E-state index in [1.54, 1.807) is 0 Å². The first-order valence-electron chi connectivity index (χ1n) is 4.43. The van der Waals surface area contributed by atoms with E-state index in [-0.39, 0.29) is 0 Å². The molecule has 0 bridgehead atoms. The highest BCUT2D eigenvalue weighted by Gasteiger charge is 2.07. The molecule has 1 N–H and O–H groups in total. The topological polar surface area (TPSA) is 37.3 Å². The highest BCUT2D eigenvalue weighted by Crippen LogP contribution is 2.13. The Bertz CT molecular complexity index is 101. The first-order valence-corrected chi connectivity index (χ1v) is 4.76. The molecule has 0 radical (unpaired) electrons. The SMILES string of the molecule is CCC(=O)CC(CC)CC.OCl. The van der Waals surface area contributed by atoms with Gasteiger partial charge < -0.3 is 0 Å². The molecule has 74 valence electrons. The molecule has 0 aromatic rings. The summed E-state index contributed by atoms with van der Waals surface area (Å²) in [7, 11) is 0. The monoisotopic (exact) mass is 194 g/mol. The Morgan fingerprint density at radius 1 is 1.25 bits per heavy atom. The van der Waals surface area contributed by atoms with E-state index in [4.69, 9.17) is 4.66 Å². The van der Waals surface area contributed by atoms with Gasteiger partial charge in [-0.3, -0.25) is 9.45 Å². The van der Waals surface area contributed by atoms with Crippen molar-refractivity contribution < 1.29 is 9.45 Å². The van der Waals surface area contributed by atoms with Crippen LogP contribution in [0.3, 0.4) is 0 Å². The summed E-state index contributed by atoms with van der Waals surface area (Å²) in [5.74, 6) is 1.04. The van der Waals surface area contributed by atoms with Crippen LogP contribution in [0.1, 0.15) is 46.5 Å². The van der Waals surface area contributed by atoms with Crippen LogP contribution in [0, 0.1) is 5.92 Å². The number of ketones is 1. The lowest BCUT2D eigenvalue weighted by Gasteiger charge is -2.08. The average Bonchev–Trinajstić information content (AvgIpc) is 2.16. The van der Waals surface area contributed by atoms with Crippen LogP contribution in [-0.2, 0) is 4.79 Å². The summed E-state index contributed by atoms with van der Waals surface area (Å²) in [6.07, 6.45) is 3.78. The molecule has 0 atom stereocenters. The zero-order valence-electron chi connectivity index (χ0n) is 8.14. The van der Waals surface area contributed by atoms with Crippen LogP contribution in [0.4, 0.5) is 0 Å². The fraction of sp³-hybridized carbons (Fsp3) is 0.889. The number of carbonyl (C=O) groups excluding carboxylic acids is 1. The predicted molar refractivity (Wildman–Crippen MR) is 52.1 cm³/mol. The molecule has 0 amide bonds. The number of hydrogen-bond donors (Lipinski definition) is 1. The molecule has 0 aromatic heterocycles. The van der Waals surface area contributed by atoms with Crippen molar-refractivity contribution in [1.29, 1.82) is 0 Å². The molecule has 0 spiro atoms. The van der Waals surface area contributed by atoms with Crippen LogP contribution in [0.15, 0.2) is 0 Å². The molecule has 0 saturated heterocycles. The van der Waals surface area contributed by atoms with Crippen molar-refractivity contribution in [2.24, 2.45) is 5.92 Å². The smallest absolute Gasteiger partial charge is 0.132 e. The molecule has 3 heteroatoms. The molecule has 2 nitrogen and oxygen atoms in total. The molecule has 0 heterocycles. The van der Waals surface area contributed by atoms with E-state index in [1.165, 1.54) is 0 Å². The number of Topliss-reactive ketones (excluding diaryl/α,β-unsaturated/α-hetero) is 1. The molecular weight excluding hydrogens is 176 g/mol. The fourth-order valence-corrected chi connectivity index (χ4v) is 1.04. The Balaban J connectivity index is 0. The Hall–Kier alpha value is -0.0800. The van der Waals surface area contributed by atoms with Crippen LogP contribution in [0.5, 0.6) is 0 Å².